The molecule has 0 aromatic rings. The molecule has 1 aliphatic rings. The zero-order valence-electron chi connectivity index (χ0n) is 14.2. The third kappa shape index (κ3) is 8.27. The highest BCUT2D eigenvalue weighted by molar-refractivity contribution is 5.79. The van der Waals surface area contributed by atoms with E-state index in [9.17, 15) is 0 Å². The third-order valence-corrected chi connectivity index (χ3v) is 3.41. The average molecular weight is 299 g/mol. The van der Waals surface area contributed by atoms with E-state index < -0.39 is 0 Å². The minimum absolute atomic E-state index is 0.602. The number of hydrogen-bond acceptors (Lipinski definition) is 3. The Morgan fingerprint density at radius 3 is 2.90 bits per heavy atom. The summed E-state index contributed by atoms with van der Waals surface area (Å²) < 4.78 is 11.0. The van der Waals surface area contributed by atoms with Crippen molar-refractivity contribution < 1.29 is 9.47 Å². The van der Waals surface area contributed by atoms with Gasteiger partial charge in [-0.2, -0.15) is 0 Å². The summed E-state index contributed by atoms with van der Waals surface area (Å²) in [6.45, 7) is 12.6. The molecule has 1 heterocycles. The second-order valence-electron chi connectivity index (χ2n) is 6.17. The van der Waals surface area contributed by atoms with Crippen molar-refractivity contribution in [1.29, 1.82) is 0 Å². The van der Waals surface area contributed by atoms with Crippen molar-refractivity contribution in [3.8, 4) is 0 Å². The summed E-state index contributed by atoms with van der Waals surface area (Å²) in [5, 5.41) is 3.36. The van der Waals surface area contributed by atoms with Crippen molar-refractivity contribution in [3.05, 3.63) is 0 Å². The first kappa shape index (κ1) is 18.2. The summed E-state index contributed by atoms with van der Waals surface area (Å²) in [5.41, 5.74) is 0. The monoisotopic (exact) mass is 299 g/mol. The smallest absolute Gasteiger partial charge is 0.193 e. The number of rotatable bonds is 9. The maximum atomic E-state index is 5.59. The van der Waals surface area contributed by atoms with Crippen LogP contribution in [0.5, 0.6) is 0 Å². The van der Waals surface area contributed by atoms with Crippen LogP contribution in [0.15, 0.2) is 4.99 Å². The van der Waals surface area contributed by atoms with Crippen LogP contribution in [-0.2, 0) is 9.47 Å². The van der Waals surface area contributed by atoms with Crippen LogP contribution in [0.1, 0.15) is 33.6 Å². The molecule has 1 N–H and O–H groups in total. The van der Waals surface area contributed by atoms with E-state index in [1.807, 2.05) is 0 Å². The molecule has 0 aromatic heterocycles. The second-order valence-corrected chi connectivity index (χ2v) is 6.17. The summed E-state index contributed by atoms with van der Waals surface area (Å²) in [7, 11) is 2.11. The highest BCUT2D eigenvalue weighted by Gasteiger charge is 2.18. The Bertz CT molecular complexity index is 289. The summed E-state index contributed by atoms with van der Waals surface area (Å²) in [4.78, 5) is 6.90. The molecule has 5 heteroatoms. The largest absolute Gasteiger partial charge is 0.381 e. The van der Waals surface area contributed by atoms with Gasteiger partial charge < -0.3 is 19.7 Å². The Morgan fingerprint density at radius 1 is 1.48 bits per heavy atom. The maximum Gasteiger partial charge on any atom is 0.193 e. The van der Waals surface area contributed by atoms with Crippen LogP contribution in [0.25, 0.3) is 0 Å². The molecule has 1 atom stereocenters. The molecule has 0 spiro atoms. The molecule has 124 valence electrons. The van der Waals surface area contributed by atoms with Crippen molar-refractivity contribution in [2.24, 2.45) is 16.8 Å². The number of aliphatic imine (C=N–C) groups is 1. The van der Waals surface area contributed by atoms with E-state index in [1.54, 1.807) is 0 Å². The van der Waals surface area contributed by atoms with Gasteiger partial charge in [-0.05, 0) is 25.7 Å². The minimum atomic E-state index is 0.602. The minimum Gasteiger partial charge on any atom is -0.381 e. The van der Waals surface area contributed by atoms with Crippen LogP contribution in [0.2, 0.25) is 0 Å². The van der Waals surface area contributed by atoms with Gasteiger partial charge in [0.2, 0.25) is 0 Å². The summed E-state index contributed by atoms with van der Waals surface area (Å²) in [6, 6.07) is 0. The Kier molecular flexibility index (Phi) is 9.42. The van der Waals surface area contributed by atoms with Gasteiger partial charge in [0.05, 0.1) is 6.61 Å². The number of ether oxygens (including phenoxy) is 2. The van der Waals surface area contributed by atoms with Crippen molar-refractivity contribution in [3.63, 3.8) is 0 Å². The molecule has 0 aromatic carbocycles. The molecule has 1 rings (SSSR count). The SMILES string of the molecule is CCNC(=NCCCOCC(C)C)N(C)CC1CCOC1. The van der Waals surface area contributed by atoms with Crippen LogP contribution in [0, 0.1) is 11.8 Å². The van der Waals surface area contributed by atoms with Gasteiger partial charge in [0.1, 0.15) is 0 Å². The highest BCUT2D eigenvalue weighted by Crippen LogP contribution is 2.13. The topological polar surface area (TPSA) is 46.1 Å². The lowest BCUT2D eigenvalue weighted by Crippen LogP contribution is -2.41. The molecular weight excluding hydrogens is 266 g/mol. The standard InChI is InChI=1S/C16H33N3O2/c1-5-17-16(18-8-6-9-20-12-14(2)3)19(4)11-15-7-10-21-13-15/h14-15H,5-13H2,1-4H3,(H,17,18). The molecule has 5 nitrogen and oxygen atoms in total. The van der Waals surface area contributed by atoms with Crippen LogP contribution < -0.4 is 5.32 Å². The van der Waals surface area contributed by atoms with Crippen molar-refractivity contribution in [2.75, 3.05) is 53.1 Å². The Morgan fingerprint density at radius 2 is 2.29 bits per heavy atom. The van der Waals surface area contributed by atoms with E-state index in [2.05, 4.69) is 43.0 Å². The molecule has 0 saturated carbocycles. The van der Waals surface area contributed by atoms with E-state index in [0.717, 1.165) is 64.9 Å². The van der Waals surface area contributed by atoms with Gasteiger partial charge in [-0.1, -0.05) is 13.8 Å². The molecule has 0 aliphatic carbocycles. The van der Waals surface area contributed by atoms with E-state index in [0.29, 0.717) is 11.8 Å². The van der Waals surface area contributed by atoms with Gasteiger partial charge in [0.15, 0.2) is 5.96 Å². The highest BCUT2D eigenvalue weighted by atomic mass is 16.5. The van der Waals surface area contributed by atoms with Gasteiger partial charge in [-0.3, -0.25) is 4.99 Å². The first-order valence-corrected chi connectivity index (χ1v) is 8.28. The predicted molar refractivity (Wildman–Crippen MR) is 87.8 cm³/mol. The van der Waals surface area contributed by atoms with Gasteiger partial charge in [0, 0.05) is 52.4 Å². The molecule has 1 saturated heterocycles. The maximum absolute atomic E-state index is 5.59. The molecule has 1 aliphatic heterocycles. The van der Waals surface area contributed by atoms with E-state index in [-0.39, 0.29) is 0 Å². The van der Waals surface area contributed by atoms with E-state index in [4.69, 9.17) is 9.47 Å². The van der Waals surface area contributed by atoms with Crippen LogP contribution >= 0.6 is 0 Å². The number of nitrogens with zero attached hydrogens (tertiary/aromatic N) is 2. The zero-order chi connectivity index (χ0) is 15.5. The van der Waals surface area contributed by atoms with Crippen LogP contribution in [-0.4, -0.2) is 64.0 Å². The number of hydrogen-bond donors (Lipinski definition) is 1. The van der Waals surface area contributed by atoms with E-state index in [1.165, 1.54) is 0 Å². The first-order chi connectivity index (χ1) is 10.1. The summed E-state index contributed by atoms with van der Waals surface area (Å²) in [5.74, 6) is 2.23. The van der Waals surface area contributed by atoms with Crippen LogP contribution in [0.4, 0.5) is 0 Å². The van der Waals surface area contributed by atoms with Crippen LogP contribution in [0.3, 0.4) is 0 Å². The lowest BCUT2D eigenvalue weighted by atomic mass is 10.1. The summed E-state index contributed by atoms with van der Waals surface area (Å²) >= 11 is 0. The van der Waals surface area contributed by atoms with Gasteiger partial charge in [-0.25, -0.2) is 0 Å². The molecule has 0 bridgehead atoms. The quantitative estimate of drug-likeness (QED) is 0.402. The molecule has 0 radical (unpaired) electrons. The zero-order valence-corrected chi connectivity index (χ0v) is 14.2. The molecule has 21 heavy (non-hydrogen) atoms. The van der Waals surface area contributed by atoms with Crippen molar-refractivity contribution in [1.82, 2.24) is 10.2 Å². The third-order valence-electron chi connectivity index (χ3n) is 3.41. The lowest BCUT2D eigenvalue weighted by Gasteiger charge is -2.24. The molecular formula is C16H33N3O2. The van der Waals surface area contributed by atoms with Gasteiger partial charge >= 0.3 is 0 Å². The molecule has 1 unspecified atom stereocenters. The Balaban J connectivity index is 2.27. The fourth-order valence-electron chi connectivity index (χ4n) is 2.34. The van der Waals surface area contributed by atoms with Crippen molar-refractivity contribution in [2.45, 2.75) is 33.6 Å². The Labute approximate surface area is 130 Å². The number of nitrogens with one attached hydrogen (secondary N) is 1. The average Bonchev–Trinajstić information content (AvgIpc) is 2.93. The number of guanidine groups is 1. The summed E-state index contributed by atoms with van der Waals surface area (Å²) in [6.07, 6.45) is 2.13. The molecule has 0 amide bonds. The second kappa shape index (κ2) is 10.9. The fraction of sp³-hybridized carbons (Fsp3) is 0.938. The first-order valence-electron chi connectivity index (χ1n) is 8.28. The lowest BCUT2D eigenvalue weighted by molar-refractivity contribution is 0.109. The van der Waals surface area contributed by atoms with Gasteiger partial charge in [-0.15, -0.1) is 0 Å². The fourth-order valence-corrected chi connectivity index (χ4v) is 2.34. The van der Waals surface area contributed by atoms with Gasteiger partial charge in [0.25, 0.3) is 0 Å². The Hall–Kier alpha value is -0.810. The van der Waals surface area contributed by atoms with E-state index >= 15 is 0 Å². The normalized spacial score (nSPS) is 19.3. The molecule has 1 fully saturated rings. The van der Waals surface area contributed by atoms with Crippen molar-refractivity contribution >= 4 is 5.96 Å². The predicted octanol–water partition coefficient (Wildman–Crippen LogP) is 1.98.